The number of esters is 2. The molecule has 14 nitrogen and oxygen atoms in total. The molecule has 0 bridgehead atoms. The number of carbonyl (C=O) groups excluding carboxylic acids is 4. The molecule has 0 spiro atoms. The van der Waals surface area contributed by atoms with Crippen LogP contribution in [-0.2, 0) is 55.2 Å². The molecule has 0 radical (unpaired) electrons. The van der Waals surface area contributed by atoms with E-state index >= 15 is 0 Å². The Morgan fingerprint density at radius 2 is 1.30 bits per heavy atom. The highest BCUT2D eigenvalue weighted by atomic mass is 31.2. The predicted octanol–water partition coefficient (Wildman–Crippen LogP) is 10.5. The van der Waals surface area contributed by atoms with Crippen molar-refractivity contribution in [3.8, 4) is 0 Å². The molecular weight excluding hydrogens is 836 g/mol. The van der Waals surface area contributed by atoms with Gasteiger partial charge in [-0.15, -0.1) is 0 Å². The quantitative estimate of drug-likeness (QED) is 0.0267. The van der Waals surface area contributed by atoms with Crippen LogP contribution in [0.4, 0.5) is 21.9 Å². The molecule has 1 unspecified atom stereocenters. The van der Waals surface area contributed by atoms with Crippen molar-refractivity contribution in [1.82, 2.24) is 4.90 Å². The van der Waals surface area contributed by atoms with Crippen molar-refractivity contribution in [3.05, 3.63) is 125 Å². The number of phosphoric acid groups is 1. The largest absolute Gasteiger partial charge is 0.475 e. The fourth-order valence-corrected chi connectivity index (χ4v) is 7.85. The number of aryl methyl sites for hydroxylation is 1. The number of nitrogens with zero attached hydrogens (tertiary/aromatic N) is 2. The molecule has 4 aromatic rings. The lowest BCUT2D eigenvalue weighted by Crippen LogP contribution is -2.33. The summed E-state index contributed by atoms with van der Waals surface area (Å²) in [5, 5.41) is 5.98. The van der Waals surface area contributed by atoms with Gasteiger partial charge >= 0.3 is 25.8 Å². The molecule has 4 aromatic carbocycles. The van der Waals surface area contributed by atoms with Crippen LogP contribution < -0.4 is 15.5 Å². The lowest BCUT2D eigenvalue weighted by Gasteiger charge is -2.31. The van der Waals surface area contributed by atoms with E-state index in [2.05, 4.69) is 43.2 Å². The van der Waals surface area contributed by atoms with Crippen LogP contribution in [0.2, 0.25) is 0 Å². The number of phosphoric ester groups is 1. The number of likely N-dealkylation sites (N-methyl/N-ethyl adjacent to an activating group) is 1. The summed E-state index contributed by atoms with van der Waals surface area (Å²) < 4.78 is 40.8. The van der Waals surface area contributed by atoms with Crippen LogP contribution in [0.3, 0.4) is 0 Å². The minimum atomic E-state index is -4.00. The molecule has 2 N–H and O–H groups in total. The molecule has 0 saturated carbocycles. The number of benzene rings is 4. The average Bonchev–Trinajstić information content (AvgIpc) is 3.26. The van der Waals surface area contributed by atoms with Gasteiger partial charge in [-0.3, -0.25) is 28.0 Å². The van der Waals surface area contributed by atoms with Crippen LogP contribution in [0.15, 0.2) is 103 Å². The molecule has 15 heteroatoms. The first-order valence-corrected chi connectivity index (χ1v) is 23.3. The summed E-state index contributed by atoms with van der Waals surface area (Å²) in [6.45, 7) is 13.1. The molecule has 0 aliphatic heterocycles. The van der Waals surface area contributed by atoms with E-state index in [0.717, 1.165) is 41.0 Å². The number of amides is 3. The van der Waals surface area contributed by atoms with Crippen molar-refractivity contribution >= 4 is 48.8 Å². The number of ether oxygens (including phenoxy) is 2. The van der Waals surface area contributed by atoms with Crippen molar-refractivity contribution in [2.75, 3.05) is 55.6 Å². The van der Waals surface area contributed by atoms with E-state index < -0.39 is 26.6 Å². The van der Waals surface area contributed by atoms with Gasteiger partial charge in [-0.05, 0) is 78.5 Å². The molecule has 0 aliphatic rings. The van der Waals surface area contributed by atoms with Gasteiger partial charge < -0.3 is 29.9 Å². The van der Waals surface area contributed by atoms with Crippen LogP contribution in [0.1, 0.15) is 88.5 Å². The minimum absolute atomic E-state index is 0.00480. The number of nitrogens with one attached hydrogen (secondary N) is 2. The predicted molar refractivity (Wildman–Crippen MR) is 250 cm³/mol. The van der Waals surface area contributed by atoms with Crippen molar-refractivity contribution in [2.24, 2.45) is 11.8 Å². The fraction of sp³-hybridized carbons (Fsp3) is 0.429. The van der Waals surface area contributed by atoms with E-state index in [1.807, 2.05) is 117 Å². The highest BCUT2D eigenvalue weighted by molar-refractivity contribution is 7.48. The number of hydrogen-bond donors (Lipinski definition) is 2. The highest BCUT2D eigenvalue weighted by Gasteiger charge is 2.28. The van der Waals surface area contributed by atoms with Crippen LogP contribution in [-0.4, -0.2) is 68.9 Å². The summed E-state index contributed by atoms with van der Waals surface area (Å²) in [5.74, 6) is -1.22. The van der Waals surface area contributed by atoms with Crippen LogP contribution in [0.5, 0.6) is 0 Å². The number of carbonyl (C=O) groups is 4. The second-order valence-electron chi connectivity index (χ2n) is 16.5. The van der Waals surface area contributed by atoms with Gasteiger partial charge in [0, 0.05) is 32.2 Å². The Bertz CT molecular complexity index is 2060. The van der Waals surface area contributed by atoms with Gasteiger partial charge in [0.1, 0.15) is 6.54 Å². The topological polar surface area (TPSA) is 162 Å². The summed E-state index contributed by atoms with van der Waals surface area (Å²) in [7, 11) is -2.55. The van der Waals surface area contributed by atoms with Crippen molar-refractivity contribution in [3.63, 3.8) is 0 Å². The maximum absolute atomic E-state index is 13.5. The van der Waals surface area contributed by atoms with Crippen molar-refractivity contribution < 1.29 is 46.8 Å². The van der Waals surface area contributed by atoms with E-state index in [1.54, 1.807) is 0 Å². The lowest BCUT2D eigenvalue weighted by atomic mass is 9.92. The van der Waals surface area contributed by atoms with Crippen molar-refractivity contribution in [1.29, 1.82) is 0 Å². The molecule has 64 heavy (non-hydrogen) atoms. The van der Waals surface area contributed by atoms with E-state index in [0.29, 0.717) is 29.6 Å². The third kappa shape index (κ3) is 18.3. The summed E-state index contributed by atoms with van der Waals surface area (Å²) in [6, 6.07) is 31.4. The van der Waals surface area contributed by atoms with Crippen LogP contribution in [0, 0.1) is 18.8 Å². The Morgan fingerprint density at radius 3 is 1.86 bits per heavy atom. The molecular formula is C49H65N4O10P. The van der Waals surface area contributed by atoms with Gasteiger partial charge in [-0.2, -0.15) is 0 Å². The van der Waals surface area contributed by atoms with E-state index in [9.17, 15) is 23.7 Å². The molecule has 0 fully saturated rings. The molecule has 3 amide bonds. The number of rotatable bonds is 26. The maximum atomic E-state index is 13.5. The van der Waals surface area contributed by atoms with Gasteiger partial charge in [-0.25, -0.2) is 9.36 Å². The lowest BCUT2D eigenvalue weighted by molar-refractivity contribution is -0.169. The summed E-state index contributed by atoms with van der Waals surface area (Å²) in [5.41, 5.74) is 5.66. The average molecular weight is 901 g/mol. The Kier molecular flexibility index (Phi) is 21.0. The Hall–Kier alpha value is -5.53. The zero-order valence-electron chi connectivity index (χ0n) is 38.2. The first-order valence-electron chi connectivity index (χ1n) is 21.8. The van der Waals surface area contributed by atoms with Gasteiger partial charge in [0.25, 0.3) is 0 Å². The van der Waals surface area contributed by atoms with Gasteiger partial charge in [0.2, 0.25) is 12.7 Å². The van der Waals surface area contributed by atoms with Crippen LogP contribution >= 0.6 is 7.82 Å². The molecule has 346 valence electrons. The smallest absolute Gasteiger partial charge is 0.428 e. The Balaban J connectivity index is 1.26. The summed E-state index contributed by atoms with van der Waals surface area (Å²) in [6.07, 6.45) is 0.766. The molecule has 4 rings (SSSR count). The van der Waals surface area contributed by atoms with Gasteiger partial charge in [0.05, 0.1) is 37.6 Å². The molecule has 0 saturated heterocycles. The third-order valence-corrected chi connectivity index (χ3v) is 11.3. The van der Waals surface area contributed by atoms with Gasteiger partial charge in [-0.1, -0.05) is 119 Å². The van der Waals surface area contributed by atoms with E-state index in [4.69, 9.17) is 23.0 Å². The number of urea groups is 1. The second kappa shape index (κ2) is 26.3. The normalized spacial score (nSPS) is 11.8. The zero-order chi connectivity index (χ0) is 46.5. The first kappa shape index (κ1) is 51.1. The fourth-order valence-electron chi connectivity index (χ4n) is 6.66. The zero-order valence-corrected chi connectivity index (χ0v) is 39.1. The Morgan fingerprint density at radius 1 is 0.719 bits per heavy atom. The summed E-state index contributed by atoms with van der Waals surface area (Å²) >= 11 is 0. The molecule has 0 aliphatic carbocycles. The van der Waals surface area contributed by atoms with Crippen molar-refractivity contribution in [2.45, 2.75) is 86.4 Å². The first-order chi connectivity index (χ1) is 30.6. The highest BCUT2D eigenvalue weighted by Crippen LogP contribution is 2.51. The standard InChI is InChI=1S/C49H65N4O10P/c1-8-41(42-23-26-45(53(30-36(2)3)31-37(4)5)44(28-42)51-49(57)50-43-24-21-38(6)22-25-43)29-47(55)59-35-60-48(56)32-52(7)46(54)20-15-27-61-64(58,62-33-39-16-11-9-12-17-39)63-34-40-18-13-10-14-19-40/h9-14,16-19,21-26,28,36-37,41H,8,15,20,27,29-35H2,1-7H3,(H2,50,51,57). The third-order valence-electron chi connectivity index (χ3n) is 9.95. The van der Waals surface area contributed by atoms with Gasteiger partial charge in [0.15, 0.2) is 0 Å². The van der Waals surface area contributed by atoms with E-state index in [1.165, 1.54) is 11.9 Å². The second-order valence-corrected chi connectivity index (χ2v) is 18.2. The SMILES string of the molecule is CCC(CC(=O)OCOC(=O)CN(C)C(=O)CCCOP(=O)(OCc1ccccc1)OCc1ccccc1)c1ccc(N(CC(C)C)CC(C)C)c(NC(=O)Nc2ccc(C)cc2)c1. The van der Waals surface area contributed by atoms with Crippen LogP contribution in [0.25, 0.3) is 0 Å². The maximum Gasteiger partial charge on any atom is 0.475 e. The molecule has 1 atom stereocenters. The monoisotopic (exact) mass is 900 g/mol. The molecule has 0 aromatic heterocycles. The number of hydrogen-bond acceptors (Lipinski definition) is 11. The summed E-state index contributed by atoms with van der Waals surface area (Å²) in [4.78, 5) is 55.2. The Labute approximate surface area is 378 Å². The minimum Gasteiger partial charge on any atom is -0.428 e. The molecule has 0 heterocycles. The number of anilines is 3. The van der Waals surface area contributed by atoms with E-state index in [-0.39, 0.29) is 63.5 Å².